The normalized spacial score (nSPS) is 13.3. The third-order valence-corrected chi connectivity index (χ3v) is 4.36. The van der Waals surface area contributed by atoms with E-state index in [0.717, 1.165) is 23.3 Å². The largest absolute Gasteiger partial charge is 0.495 e. The molecule has 1 heterocycles. The number of carbonyl (C=O) groups excluding carboxylic acids is 2. The number of hydrogen-bond donors (Lipinski definition) is 3. The van der Waals surface area contributed by atoms with Crippen molar-refractivity contribution in [3.05, 3.63) is 53.1 Å². The molecule has 1 atom stereocenters. The van der Waals surface area contributed by atoms with E-state index in [9.17, 15) is 14.7 Å². The van der Waals surface area contributed by atoms with Gasteiger partial charge in [0.2, 0.25) is 0 Å². The summed E-state index contributed by atoms with van der Waals surface area (Å²) in [5, 5.41) is 15.3. The second-order valence-corrected chi connectivity index (χ2v) is 6.35. The Morgan fingerprint density at radius 2 is 2.04 bits per heavy atom. The number of aliphatic hydroxyl groups is 1. The Labute approximate surface area is 157 Å². The number of hydrogen-bond acceptors (Lipinski definition) is 5. The topological polar surface area (TPSA) is 96.9 Å². The van der Waals surface area contributed by atoms with Crippen LogP contribution in [0, 0.1) is 6.92 Å². The molecule has 7 nitrogen and oxygen atoms in total. The van der Waals surface area contributed by atoms with E-state index in [-0.39, 0.29) is 6.54 Å². The van der Waals surface area contributed by atoms with E-state index in [1.165, 1.54) is 7.11 Å². The predicted octanol–water partition coefficient (Wildman–Crippen LogP) is 1.73. The highest BCUT2D eigenvalue weighted by atomic mass is 16.5. The first-order chi connectivity index (χ1) is 13.0. The summed E-state index contributed by atoms with van der Waals surface area (Å²) in [7, 11) is 1.48. The highest BCUT2D eigenvalue weighted by Gasteiger charge is 2.19. The summed E-state index contributed by atoms with van der Waals surface area (Å²) in [5.74, 6) is -0.376. The summed E-state index contributed by atoms with van der Waals surface area (Å²) >= 11 is 0. The van der Waals surface area contributed by atoms with Crippen molar-refractivity contribution in [1.29, 1.82) is 0 Å². The molecular weight excluding hydrogens is 348 g/mol. The number of aryl methyl sites for hydroxylation is 1. The molecule has 0 bridgehead atoms. The molecule has 27 heavy (non-hydrogen) atoms. The average Bonchev–Trinajstić information content (AvgIpc) is 3.13. The molecule has 7 heteroatoms. The molecule has 0 fully saturated rings. The van der Waals surface area contributed by atoms with Crippen molar-refractivity contribution in [2.45, 2.75) is 19.4 Å². The number of aliphatic hydroxyl groups excluding tert-OH is 1. The minimum absolute atomic E-state index is 0.0726. The van der Waals surface area contributed by atoms with E-state index < -0.39 is 17.9 Å². The van der Waals surface area contributed by atoms with Gasteiger partial charge in [0.15, 0.2) is 0 Å². The lowest BCUT2D eigenvalue weighted by molar-refractivity contribution is -0.136. The first kappa shape index (κ1) is 18.7. The van der Waals surface area contributed by atoms with Crippen molar-refractivity contribution in [1.82, 2.24) is 5.32 Å². The quantitative estimate of drug-likeness (QED) is 0.697. The van der Waals surface area contributed by atoms with Gasteiger partial charge in [-0.2, -0.15) is 0 Å². The molecule has 142 valence electrons. The van der Waals surface area contributed by atoms with E-state index >= 15 is 0 Å². The van der Waals surface area contributed by atoms with Crippen LogP contribution >= 0.6 is 0 Å². The lowest BCUT2D eigenvalue weighted by atomic mass is 10.0. The number of nitrogens with one attached hydrogen (secondary N) is 2. The van der Waals surface area contributed by atoms with E-state index in [4.69, 9.17) is 9.47 Å². The van der Waals surface area contributed by atoms with Crippen LogP contribution in [0.2, 0.25) is 0 Å². The summed E-state index contributed by atoms with van der Waals surface area (Å²) in [6.45, 7) is 2.43. The van der Waals surface area contributed by atoms with Gasteiger partial charge in [-0.25, -0.2) is 0 Å². The molecule has 3 rings (SSSR count). The molecule has 0 radical (unpaired) electrons. The van der Waals surface area contributed by atoms with Gasteiger partial charge in [-0.15, -0.1) is 0 Å². The number of ether oxygens (including phenoxy) is 2. The Morgan fingerprint density at radius 1 is 1.22 bits per heavy atom. The van der Waals surface area contributed by atoms with Crippen LogP contribution in [-0.4, -0.2) is 37.2 Å². The van der Waals surface area contributed by atoms with Crippen molar-refractivity contribution in [3.63, 3.8) is 0 Å². The van der Waals surface area contributed by atoms with Crippen LogP contribution in [0.15, 0.2) is 36.4 Å². The maximum atomic E-state index is 12.1. The average molecular weight is 370 g/mol. The highest BCUT2D eigenvalue weighted by molar-refractivity contribution is 6.39. The van der Waals surface area contributed by atoms with E-state index in [0.29, 0.717) is 23.6 Å². The first-order valence-corrected chi connectivity index (χ1v) is 8.65. The minimum atomic E-state index is -0.916. The third-order valence-electron chi connectivity index (χ3n) is 4.36. The fraction of sp³-hybridized carbons (Fsp3) is 0.300. The van der Waals surface area contributed by atoms with Gasteiger partial charge in [0.1, 0.15) is 11.5 Å². The summed E-state index contributed by atoms with van der Waals surface area (Å²) in [4.78, 5) is 24.2. The lowest BCUT2D eigenvalue weighted by Crippen LogP contribution is -2.37. The number of rotatable bonds is 5. The number of anilines is 1. The fourth-order valence-corrected chi connectivity index (χ4v) is 2.90. The number of methoxy groups -OCH3 is 1. The second kappa shape index (κ2) is 8.09. The molecule has 0 aliphatic carbocycles. The Bertz CT molecular complexity index is 865. The van der Waals surface area contributed by atoms with Crippen LogP contribution in [-0.2, 0) is 16.0 Å². The number of fused-ring (bicyclic) bond motifs is 1. The Hall–Kier alpha value is -3.06. The molecule has 2 aromatic rings. The first-order valence-electron chi connectivity index (χ1n) is 8.65. The van der Waals surface area contributed by atoms with Gasteiger partial charge in [0.05, 0.1) is 25.5 Å². The van der Waals surface area contributed by atoms with Gasteiger partial charge < -0.3 is 25.2 Å². The van der Waals surface area contributed by atoms with Crippen molar-refractivity contribution in [2.75, 3.05) is 25.6 Å². The Morgan fingerprint density at radius 3 is 2.81 bits per heavy atom. The molecule has 0 spiro atoms. The molecule has 0 saturated carbocycles. The van der Waals surface area contributed by atoms with Crippen LogP contribution in [0.5, 0.6) is 11.5 Å². The summed E-state index contributed by atoms with van der Waals surface area (Å²) in [5.41, 5.74) is 3.03. The van der Waals surface area contributed by atoms with Gasteiger partial charge in [-0.3, -0.25) is 9.59 Å². The summed E-state index contributed by atoms with van der Waals surface area (Å²) < 4.78 is 10.6. The molecule has 2 amide bonds. The molecule has 0 aromatic heterocycles. The Balaban J connectivity index is 1.57. The van der Waals surface area contributed by atoms with E-state index in [1.54, 1.807) is 24.3 Å². The highest BCUT2D eigenvalue weighted by Crippen LogP contribution is 2.28. The minimum Gasteiger partial charge on any atom is -0.495 e. The number of carbonyl (C=O) groups is 2. The van der Waals surface area contributed by atoms with Crippen LogP contribution in [0.25, 0.3) is 0 Å². The lowest BCUT2D eigenvalue weighted by Gasteiger charge is -2.14. The zero-order valence-electron chi connectivity index (χ0n) is 15.2. The van der Waals surface area contributed by atoms with Gasteiger partial charge in [0, 0.05) is 13.0 Å². The van der Waals surface area contributed by atoms with Crippen molar-refractivity contribution >= 4 is 17.5 Å². The monoisotopic (exact) mass is 370 g/mol. The SMILES string of the molecule is COc1ccc(C)cc1NC(=O)C(=O)NCC(O)c1ccc2c(c1)CCO2. The van der Waals surface area contributed by atoms with Gasteiger partial charge in [0.25, 0.3) is 0 Å². The van der Waals surface area contributed by atoms with Gasteiger partial charge in [-0.1, -0.05) is 12.1 Å². The van der Waals surface area contributed by atoms with Crippen molar-refractivity contribution in [3.8, 4) is 11.5 Å². The maximum absolute atomic E-state index is 12.1. The van der Waals surface area contributed by atoms with Gasteiger partial charge >= 0.3 is 11.8 Å². The molecule has 2 aromatic carbocycles. The molecule has 0 saturated heterocycles. The smallest absolute Gasteiger partial charge is 0.313 e. The van der Waals surface area contributed by atoms with Crippen LogP contribution in [0.4, 0.5) is 5.69 Å². The molecule has 1 aliphatic rings. The zero-order valence-corrected chi connectivity index (χ0v) is 15.2. The van der Waals surface area contributed by atoms with Crippen molar-refractivity contribution in [2.24, 2.45) is 0 Å². The molecule has 3 N–H and O–H groups in total. The zero-order chi connectivity index (χ0) is 19.4. The van der Waals surface area contributed by atoms with E-state index in [1.807, 2.05) is 19.1 Å². The molecule has 1 unspecified atom stereocenters. The molecule has 1 aliphatic heterocycles. The van der Waals surface area contributed by atoms with Crippen LogP contribution in [0.1, 0.15) is 22.8 Å². The van der Waals surface area contributed by atoms with Crippen molar-refractivity contribution < 1.29 is 24.2 Å². The Kier molecular flexibility index (Phi) is 5.61. The summed E-state index contributed by atoms with van der Waals surface area (Å²) in [6, 6.07) is 10.7. The predicted molar refractivity (Wildman–Crippen MR) is 100.0 cm³/mol. The maximum Gasteiger partial charge on any atom is 0.313 e. The number of amides is 2. The third kappa shape index (κ3) is 4.38. The standard InChI is InChI=1S/C20H22N2O5/c1-12-3-5-18(26-2)15(9-12)22-20(25)19(24)21-11-16(23)13-4-6-17-14(10-13)7-8-27-17/h3-6,9-10,16,23H,7-8,11H2,1-2H3,(H,21,24)(H,22,25). The molecular formula is C20H22N2O5. The van der Waals surface area contributed by atoms with Gasteiger partial charge in [-0.05, 0) is 47.9 Å². The van der Waals surface area contributed by atoms with E-state index in [2.05, 4.69) is 10.6 Å². The second-order valence-electron chi connectivity index (χ2n) is 6.35. The van der Waals surface area contributed by atoms with Crippen LogP contribution in [0.3, 0.4) is 0 Å². The number of benzene rings is 2. The van der Waals surface area contributed by atoms with Crippen LogP contribution < -0.4 is 20.1 Å². The summed E-state index contributed by atoms with van der Waals surface area (Å²) in [6.07, 6.45) is -0.121. The fourth-order valence-electron chi connectivity index (χ4n) is 2.90.